The normalized spacial score (nSPS) is 9.50. The standard InChI is InChI=1S/C7H4ClFO3/c8-5-3-4(9)1-2-6(5)12-7(10)11/h1-3H,(H,10,11). The predicted molar refractivity (Wildman–Crippen MR) is 40.1 cm³/mol. The topological polar surface area (TPSA) is 46.5 Å². The van der Waals surface area contributed by atoms with E-state index in [1.165, 1.54) is 0 Å². The second-order valence-corrected chi connectivity index (χ2v) is 2.35. The van der Waals surface area contributed by atoms with Gasteiger partial charge in [-0.2, -0.15) is 0 Å². The van der Waals surface area contributed by atoms with Crippen LogP contribution in [0.3, 0.4) is 0 Å². The zero-order valence-corrected chi connectivity index (χ0v) is 6.51. The predicted octanol–water partition coefficient (Wildman–Crippen LogP) is 2.54. The van der Waals surface area contributed by atoms with Crippen molar-refractivity contribution >= 4 is 17.8 Å². The van der Waals surface area contributed by atoms with Crippen LogP contribution >= 0.6 is 11.6 Å². The van der Waals surface area contributed by atoms with Gasteiger partial charge in [0, 0.05) is 0 Å². The van der Waals surface area contributed by atoms with E-state index >= 15 is 0 Å². The van der Waals surface area contributed by atoms with E-state index in [0.29, 0.717) is 0 Å². The lowest BCUT2D eigenvalue weighted by atomic mass is 10.3. The van der Waals surface area contributed by atoms with Crippen LogP contribution in [0.15, 0.2) is 18.2 Å². The first-order valence-corrected chi connectivity index (χ1v) is 3.33. The third-order valence-corrected chi connectivity index (χ3v) is 1.39. The van der Waals surface area contributed by atoms with Crippen molar-refractivity contribution < 1.29 is 19.0 Å². The first-order valence-electron chi connectivity index (χ1n) is 2.95. The molecule has 0 unspecified atom stereocenters. The lowest BCUT2D eigenvalue weighted by Gasteiger charge is -2.00. The van der Waals surface area contributed by atoms with Crippen LogP contribution in [0.1, 0.15) is 0 Å². The maximum atomic E-state index is 12.4. The van der Waals surface area contributed by atoms with Crippen LogP contribution in [0.5, 0.6) is 5.75 Å². The molecule has 0 saturated carbocycles. The van der Waals surface area contributed by atoms with E-state index in [1.807, 2.05) is 0 Å². The van der Waals surface area contributed by atoms with Crippen molar-refractivity contribution in [2.75, 3.05) is 0 Å². The number of halogens is 2. The van der Waals surface area contributed by atoms with E-state index in [1.54, 1.807) is 0 Å². The SMILES string of the molecule is O=C(O)Oc1ccc(F)cc1Cl. The average molecular weight is 191 g/mol. The summed E-state index contributed by atoms with van der Waals surface area (Å²) in [7, 11) is 0. The van der Waals surface area contributed by atoms with Crippen LogP contribution in [0.2, 0.25) is 5.02 Å². The van der Waals surface area contributed by atoms with Gasteiger partial charge in [0.05, 0.1) is 5.02 Å². The van der Waals surface area contributed by atoms with Gasteiger partial charge in [-0.05, 0) is 18.2 Å². The fourth-order valence-corrected chi connectivity index (χ4v) is 0.858. The molecule has 0 saturated heterocycles. The zero-order chi connectivity index (χ0) is 9.14. The summed E-state index contributed by atoms with van der Waals surface area (Å²) in [5, 5.41) is 8.11. The molecule has 0 amide bonds. The molecule has 0 aliphatic rings. The minimum atomic E-state index is -1.48. The van der Waals surface area contributed by atoms with Crippen LogP contribution in [0.4, 0.5) is 9.18 Å². The summed E-state index contributed by atoms with van der Waals surface area (Å²) < 4.78 is 16.6. The number of carboxylic acid groups (broad SMARTS) is 1. The molecule has 0 spiro atoms. The maximum absolute atomic E-state index is 12.4. The molecule has 0 aliphatic heterocycles. The Morgan fingerprint density at radius 3 is 2.75 bits per heavy atom. The van der Waals surface area contributed by atoms with Gasteiger partial charge >= 0.3 is 6.16 Å². The van der Waals surface area contributed by atoms with Gasteiger partial charge in [-0.3, -0.25) is 0 Å². The van der Waals surface area contributed by atoms with Crippen LogP contribution in [-0.2, 0) is 0 Å². The zero-order valence-electron chi connectivity index (χ0n) is 5.75. The molecule has 0 aliphatic carbocycles. The van der Waals surface area contributed by atoms with Gasteiger partial charge in [0.1, 0.15) is 5.82 Å². The minimum absolute atomic E-state index is 0.0719. The third kappa shape index (κ3) is 2.10. The van der Waals surface area contributed by atoms with Crippen molar-refractivity contribution in [2.24, 2.45) is 0 Å². The summed E-state index contributed by atoms with van der Waals surface area (Å²) in [6, 6.07) is 3.18. The first kappa shape index (κ1) is 8.80. The highest BCUT2D eigenvalue weighted by atomic mass is 35.5. The summed E-state index contributed by atoms with van der Waals surface area (Å²) in [4.78, 5) is 10.0. The molecule has 0 fully saturated rings. The highest BCUT2D eigenvalue weighted by molar-refractivity contribution is 6.32. The Morgan fingerprint density at radius 1 is 1.58 bits per heavy atom. The number of ether oxygens (including phenoxy) is 1. The van der Waals surface area contributed by atoms with E-state index in [4.69, 9.17) is 16.7 Å². The molecular weight excluding hydrogens is 187 g/mol. The first-order chi connectivity index (χ1) is 5.59. The van der Waals surface area contributed by atoms with E-state index in [-0.39, 0.29) is 10.8 Å². The Bertz CT molecular complexity index is 314. The lowest BCUT2D eigenvalue weighted by molar-refractivity contribution is 0.144. The van der Waals surface area contributed by atoms with Crippen LogP contribution in [-0.4, -0.2) is 11.3 Å². The quantitative estimate of drug-likeness (QED) is 0.547. The third-order valence-electron chi connectivity index (χ3n) is 1.09. The Labute approximate surface area is 72.3 Å². The number of hydrogen-bond acceptors (Lipinski definition) is 2. The Morgan fingerprint density at radius 2 is 2.25 bits per heavy atom. The highest BCUT2D eigenvalue weighted by Crippen LogP contribution is 2.24. The van der Waals surface area contributed by atoms with Crippen molar-refractivity contribution in [1.29, 1.82) is 0 Å². The average Bonchev–Trinajstić information content (AvgIpc) is 1.94. The summed E-state index contributed by atoms with van der Waals surface area (Å²) in [6.45, 7) is 0. The van der Waals surface area contributed by atoms with Crippen LogP contribution < -0.4 is 4.74 Å². The lowest BCUT2D eigenvalue weighted by Crippen LogP contribution is -2.03. The Kier molecular flexibility index (Phi) is 2.50. The summed E-state index contributed by atoms with van der Waals surface area (Å²) in [6.07, 6.45) is -1.48. The molecule has 1 aromatic rings. The number of carbonyl (C=O) groups is 1. The summed E-state index contributed by atoms with van der Waals surface area (Å²) in [5.41, 5.74) is 0. The number of benzene rings is 1. The molecule has 64 valence electrons. The van der Waals surface area contributed by atoms with E-state index in [9.17, 15) is 9.18 Å². The van der Waals surface area contributed by atoms with Crippen LogP contribution in [0, 0.1) is 5.82 Å². The van der Waals surface area contributed by atoms with Gasteiger partial charge in [-0.1, -0.05) is 11.6 Å². The molecule has 3 nitrogen and oxygen atoms in total. The highest BCUT2D eigenvalue weighted by Gasteiger charge is 2.06. The van der Waals surface area contributed by atoms with Crippen molar-refractivity contribution in [1.82, 2.24) is 0 Å². The fourth-order valence-electron chi connectivity index (χ4n) is 0.652. The van der Waals surface area contributed by atoms with Gasteiger partial charge < -0.3 is 9.84 Å². The Balaban J connectivity index is 2.93. The molecule has 0 bridgehead atoms. The fraction of sp³-hybridized carbons (Fsp3) is 0. The van der Waals surface area contributed by atoms with Crippen molar-refractivity contribution in [3.05, 3.63) is 29.0 Å². The Hall–Kier alpha value is -1.29. The number of rotatable bonds is 1. The molecule has 5 heteroatoms. The molecule has 1 rings (SSSR count). The second-order valence-electron chi connectivity index (χ2n) is 1.94. The van der Waals surface area contributed by atoms with Gasteiger partial charge in [0.2, 0.25) is 0 Å². The van der Waals surface area contributed by atoms with Crippen molar-refractivity contribution in [2.45, 2.75) is 0 Å². The van der Waals surface area contributed by atoms with E-state index in [2.05, 4.69) is 4.74 Å². The minimum Gasteiger partial charge on any atom is -0.449 e. The molecule has 12 heavy (non-hydrogen) atoms. The van der Waals surface area contributed by atoms with Crippen molar-refractivity contribution in [3.8, 4) is 5.75 Å². The van der Waals surface area contributed by atoms with Crippen molar-refractivity contribution in [3.63, 3.8) is 0 Å². The molecular formula is C7H4ClFO3. The molecule has 1 N–H and O–H groups in total. The van der Waals surface area contributed by atoms with Gasteiger partial charge in [0.25, 0.3) is 0 Å². The largest absolute Gasteiger partial charge is 0.511 e. The molecule has 1 aromatic carbocycles. The summed E-state index contributed by atoms with van der Waals surface area (Å²) >= 11 is 5.45. The molecule has 0 atom stereocenters. The van der Waals surface area contributed by atoms with Gasteiger partial charge in [-0.25, -0.2) is 9.18 Å². The van der Waals surface area contributed by atoms with Crippen LogP contribution in [0.25, 0.3) is 0 Å². The maximum Gasteiger partial charge on any atom is 0.511 e. The number of hydrogen-bond donors (Lipinski definition) is 1. The molecule has 0 radical (unpaired) electrons. The molecule has 0 aromatic heterocycles. The van der Waals surface area contributed by atoms with E-state index < -0.39 is 12.0 Å². The van der Waals surface area contributed by atoms with E-state index in [0.717, 1.165) is 18.2 Å². The smallest absolute Gasteiger partial charge is 0.449 e. The summed E-state index contributed by atoms with van der Waals surface area (Å²) in [5.74, 6) is -0.622. The second kappa shape index (κ2) is 3.40. The molecule has 0 heterocycles. The van der Waals surface area contributed by atoms with Gasteiger partial charge in [-0.15, -0.1) is 0 Å². The monoisotopic (exact) mass is 190 g/mol. The van der Waals surface area contributed by atoms with Gasteiger partial charge in [0.15, 0.2) is 5.75 Å².